The average molecular weight is 289 g/mol. The molecule has 0 aromatic heterocycles. The molecule has 0 radical (unpaired) electrons. The van der Waals surface area contributed by atoms with Crippen LogP contribution in [0.2, 0.25) is 0 Å². The third kappa shape index (κ3) is 2.85. The van der Waals surface area contributed by atoms with Crippen LogP contribution < -0.4 is 0 Å². The van der Waals surface area contributed by atoms with Crippen LogP contribution in [-0.4, -0.2) is 29.2 Å². The summed E-state index contributed by atoms with van der Waals surface area (Å²) in [6.45, 7) is 0.670. The Morgan fingerprint density at radius 2 is 2.05 bits per heavy atom. The van der Waals surface area contributed by atoms with Crippen LogP contribution in [0.1, 0.15) is 48.9 Å². The number of Topliss-reactive ketones (excluding diaryl/α,β-unsaturated/α-hetero) is 1. The summed E-state index contributed by atoms with van der Waals surface area (Å²) < 4.78 is 13.3. The summed E-state index contributed by atoms with van der Waals surface area (Å²) in [5.41, 5.74) is 0.382. The summed E-state index contributed by atoms with van der Waals surface area (Å²) in [5, 5.41) is 0. The number of rotatable bonds is 2. The zero-order chi connectivity index (χ0) is 14.8. The highest BCUT2D eigenvalue weighted by molar-refractivity contribution is 5.95. The summed E-state index contributed by atoms with van der Waals surface area (Å²) in [7, 11) is 0. The lowest BCUT2D eigenvalue weighted by molar-refractivity contribution is -0.122. The second-order valence-corrected chi connectivity index (χ2v) is 6.04. The number of benzene rings is 1. The monoisotopic (exact) mass is 289 g/mol. The SMILES string of the molecule is O=C1CCCC1C1CCCCN1C(=O)c1cccc(F)c1. The van der Waals surface area contributed by atoms with Gasteiger partial charge in [-0.05, 0) is 50.3 Å². The van der Waals surface area contributed by atoms with Crippen molar-refractivity contribution in [3.8, 4) is 0 Å². The van der Waals surface area contributed by atoms with E-state index in [9.17, 15) is 14.0 Å². The van der Waals surface area contributed by atoms with Gasteiger partial charge in [-0.3, -0.25) is 9.59 Å². The zero-order valence-electron chi connectivity index (χ0n) is 12.1. The molecule has 1 aromatic rings. The van der Waals surface area contributed by atoms with E-state index in [0.29, 0.717) is 24.3 Å². The van der Waals surface area contributed by atoms with Gasteiger partial charge >= 0.3 is 0 Å². The van der Waals surface area contributed by atoms with E-state index in [0.717, 1.165) is 32.1 Å². The predicted octanol–water partition coefficient (Wildman–Crippen LogP) is 3.19. The van der Waals surface area contributed by atoms with E-state index in [2.05, 4.69) is 0 Å². The molecule has 0 spiro atoms. The first kappa shape index (κ1) is 14.2. The van der Waals surface area contributed by atoms with Gasteiger partial charge in [0.05, 0.1) is 0 Å². The van der Waals surface area contributed by atoms with Crippen LogP contribution in [0.25, 0.3) is 0 Å². The minimum absolute atomic E-state index is 0.00418. The van der Waals surface area contributed by atoms with Crippen LogP contribution in [0.15, 0.2) is 24.3 Å². The number of piperidine rings is 1. The lowest BCUT2D eigenvalue weighted by atomic mass is 9.88. The van der Waals surface area contributed by atoms with Crippen molar-refractivity contribution in [2.45, 2.75) is 44.6 Å². The number of halogens is 1. The fourth-order valence-electron chi connectivity index (χ4n) is 3.66. The smallest absolute Gasteiger partial charge is 0.254 e. The van der Waals surface area contributed by atoms with Crippen molar-refractivity contribution in [2.75, 3.05) is 6.54 Å². The van der Waals surface area contributed by atoms with Gasteiger partial charge in [-0.25, -0.2) is 4.39 Å². The highest BCUT2D eigenvalue weighted by Crippen LogP contribution is 2.33. The second kappa shape index (κ2) is 5.96. The molecule has 2 unspecified atom stereocenters. The Kier molecular flexibility index (Phi) is 4.04. The van der Waals surface area contributed by atoms with Gasteiger partial charge in [0.15, 0.2) is 0 Å². The molecule has 1 aromatic carbocycles. The van der Waals surface area contributed by atoms with Crippen molar-refractivity contribution in [3.05, 3.63) is 35.6 Å². The van der Waals surface area contributed by atoms with Crippen molar-refractivity contribution < 1.29 is 14.0 Å². The summed E-state index contributed by atoms with van der Waals surface area (Å²) in [6.07, 6.45) is 5.36. The molecule has 4 heteroatoms. The van der Waals surface area contributed by atoms with Crippen LogP contribution in [0.5, 0.6) is 0 Å². The Balaban J connectivity index is 1.83. The lowest BCUT2D eigenvalue weighted by Crippen LogP contribution is -2.48. The first-order valence-electron chi connectivity index (χ1n) is 7.76. The number of nitrogens with zero attached hydrogens (tertiary/aromatic N) is 1. The topological polar surface area (TPSA) is 37.4 Å². The minimum atomic E-state index is -0.397. The number of ketones is 1. The molecular weight excluding hydrogens is 269 g/mol. The third-order valence-electron chi connectivity index (χ3n) is 4.70. The van der Waals surface area contributed by atoms with E-state index < -0.39 is 5.82 Å². The number of amides is 1. The molecule has 2 aliphatic rings. The summed E-state index contributed by atoms with van der Waals surface area (Å²) in [5.74, 6) is -0.257. The second-order valence-electron chi connectivity index (χ2n) is 6.04. The molecule has 1 amide bonds. The van der Waals surface area contributed by atoms with Gasteiger partial charge in [-0.1, -0.05) is 6.07 Å². The van der Waals surface area contributed by atoms with Gasteiger partial charge < -0.3 is 4.90 Å². The normalized spacial score (nSPS) is 26.1. The highest BCUT2D eigenvalue weighted by atomic mass is 19.1. The molecular formula is C17H20FNO2. The molecule has 0 N–H and O–H groups in total. The minimum Gasteiger partial charge on any atom is -0.335 e. The van der Waals surface area contributed by atoms with Crippen molar-refractivity contribution in [2.24, 2.45) is 5.92 Å². The molecule has 1 saturated carbocycles. The van der Waals surface area contributed by atoms with E-state index in [4.69, 9.17) is 0 Å². The van der Waals surface area contributed by atoms with E-state index in [1.807, 2.05) is 4.90 Å². The fraction of sp³-hybridized carbons (Fsp3) is 0.529. The molecule has 21 heavy (non-hydrogen) atoms. The van der Waals surface area contributed by atoms with Crippen LogP contribution in [0.3, 0.4) is 0 Å². The highest BCUT2D eigenvalue weighted by Gasteiger charge is 2.38. The summed E-state index contributed by atoms with van der Waals surface area (Å²) in [4.78, 5) is 26.5. The summed E-state index contributed by atoms with van der Waals surface area (Å²) in [6, 6.07) is 5.83. The Morgan fingerprint density at radius 3 is 2.76 bits per heavy atom. The number of hydrogen-bond donors (Lipinski definition) is 0. The van der Waals surface area contributed by atoms with E-state index in [1.165, 1.54) is 12.1 Å². The Labute approximate surface area is 124 Å². The number of carbonyl (C=O) groups excluding carboxylic acids is 2. The summed E-state index contributed by atoms with van der Waals surface area (Å²) >= 11 is 0. The van der Waals surface area contributed by atoms with Crippen molar-refractivity contribution in [1.29, 1.82) is 0 Å². The van der Waals surface area contributed by atoms with Crippen LogP contribution in [0.4, 0.5) is 4.39 Å². The van der Waals surface area contributed by atoms with E-state index in [1.54, 1.807) is 12.1 Å². The maximum atomic E-state index is 13.3. The Hall–Kier alpha value is -1.71. The maximum absolute atomic E-state index is 13.3. The van der Waals surface area contributed by atoms with Crippen molar-refractivity contribution >= 4 is 11.7 Å². The van der Waals surface area contributed by atoms with Gasteiger partial charge in [-0.15, -0.1) is 0 Å². The Bertz CT molecular complexity index is 557. The van der Waals surface area contributed by atoms with Crippen LogP contribution in [-0.2, 0) is 4.79 Å². The van der Waals surface area contributed by atoms with Gasteiger partial charge in [0.25, 0.3) is 5.91 Å². The third-order valence-corrected chi connectivity index (χ3v) is 4.70. The van der Waals surface area contributed by atoms with Gasteiger partial charge in [0.1, 0.15) is 11.6 Å². The van der Waals surface area contributed by atoms with Gasteiger partial charge in [-0.2, -0.15) is 0 Å². The van der Waals surface area contributed by atoms with E-state index >= 15 is 0 Å². The zero-order valence-corrected chi connectivity index (χ0v) is 12.1. The van der Waals surface area contributed by atoms with Gasteiger partial charge in [0.2, 0.25) is 0 Å². The number of likely N-dealkylation sites (tertiary alicyclic amines) is 1. The molecule has 3 nitrogen and oxygen atoms in total. The molecule has 1 aliphatic heterocycles. The lowest BCUT2D eigenvalue weighted by Gasteiger charge is -2.38. The standard InChI is InChI=1S/C17H20FNO2/c18-13-6-3-5-12(11-13)17(21)19-10-2-1-8-15(19)14-7-4-9-16(14)20/h3,5-6,11,14-15H,1-2,4,7-10H2. The molecule has 1 aliphatic carbocycles. The van der Waals surface area contributed by atoms with Gasteiger partial charge in [0, 0.05) is 30.5 Å². The molecule has 1 saturated heterocycles. The predicted molar refractivity (Wildman–Crippen MR) is 77.4 cm³/mol. The van der Waals surface area contributed by atoms with Crippen LogP contribution in [0, 0.1) is 11.7 Å². The molecule has 0 bridgehead atoms. The first-order valence-corrected chi connectivity index (χ1v) is 7.76. The molecule has 112 valence electrons. The Morgan fingerprint density at radius 1 is 1.19 bits per heavy atom. The maximum Gasteiger partial charge on any atom is 0.254 e. The molecule has 3 rings (SSSR count). The van der Waals surface area contributed by atoms with Crippen molar-refractivity contribution in [3.63, 3.8) is 0 Å². The van der Waals surface area contributed by atoms with E-state index in [-0.39, 0.29) is 17.9 Å². The molecule has 2 atom stereocenters. The average Bonchev–Trinajstić information content (AvgIpc) is 2.92. The largest absolute Gasteiger partial charge is 0.335 e. The first-order chi connectivity index (χ1) is 10.2. The molecule has 2 fully saturated rings. The van der Waals surface area contributed by atoms with Crippen LogP contribution >= 0.6 is 0 Å². The van der Waals surface area contributed by atoms with Crippen molar-refractivity contribution in [1.82, 2.24) is 4.90 Å². The molecule has 1 heterocycles. The number of carbonyl (C=O) groups is 2. The quantitative estimate of drug-likeness (QED) is 0.838. The fourth-order valence-corrected chi connectivity index (χ4v) is 3.66. The number of hydrogen-bond acceptors (Lipinski definition) is 2.